The summed E-state index contributed by atoms with van der Waals surface area (Å²) in [4.78, 5) is 23.9. The predicted molar refractivity (Wildman–Crippen MR) is 77.6 cm³/mol. The van der Waals surface area contributed by atoms with Gasteiger partial charge < -0.3 is 4.74 Å². The third-order valence-electron chi connectivity index (χ3n) is 2.43. The van der Waals surface area contributed by atoms with Crippen molar-refractivity contribution in [1.82, 2.24) is 0 Å². The Bertz CT molecular complexity index is 424. The smallest absolute Gasteiger partial charge is 0.316 e. The van der Waals surface area contributed by atoms with Crippen molar-refractivity contribution in [2.24, 2.45) is 5.92 Å². The van der Waals surface area contributed by atoms with Crippen molar-refractivity contribution >= 4 is 23.5 Å². The number of Topliss-reactive ketones (excluding diaryl/α,β-unsaturated/α-hetero) is 1. The highest BCUT2D eigenvalue weighted by atomic mass is 32.2. The number of esters is 1. The number of ketones is 1. The van der Waals surface area contributed by atoms with Gasteiger partial charge in [-0.2, -0.15) is 0 Å². The molecule has 0 atom stereocenters. The number of benzene rings is 1. The van der Waals surface area contributed by atoms with Gasteiger partial charge in [0, 0.05) is 16.9 Å². The van der Waals surface area contributed by atoms with Crippen LogP contribution in [0.2, 0.25) is 0 Å². The number of hydrogen-bond acceptors (Lipinski definition) is 4. The Morgan fingerprint density at radius 1 is 1.21 bits per heavy atom. The summed E-state index contributed by atoms with van der Waals surface area (Å²) in [6.45, 7) is 6.31. The topological polar surface area (TPSA) is 43.4 Å². The van der Waals surface area contributed by atoms with E-state index < -0.39 is 0 Å². The number of carbonyl (C=O) groups is 2. The Kier molecular flexibility index (Phi) is 6.64. The van der Waals surface area contributed by atoms with Crippen LogP contribution in [0.1, 0.15) is 37.6 Å². The second kappa shape index (κ2) is 8.00. The van der Waals surface area contributed by atoms with Crippen LogP contribution in [-0.4, -0.2) is 24.1 Å². The Balaban J connectivity index is 2.41. The molecule has 1 aromatic rings. The maximum absolute atomic E-state index is 11.5. The Labute approximate surface area is 118 Å². The fourth-order valence-corrected chi connectivity index (χ4v) is 2.08. The van der Waals surface area contributed by atoms with Gasteiger partial charge in [0.25, 0.3) is 0 Å². The molecule has 0 amide bonds. The van der Waals surface area contributed by atoms with E-state index in [0.29, 0.717) is 30.3 Å². The van der Waals surface area contributed by atoms with Crippen LogP contribution in [0.25, 0.3) is 0 Å². The van der Waals surface area contributed by atoms with Gasteiger partial charge in [0.2, 0.25) is 0 Å². The molecule has 0 aliphatic carbocycles. The first-order valence-corrected chi connectivity index (χ1v) is 7.43. The van der Waals surface area contributed by atoms with Gasteiger partial charge in [-0.3, -0.25) is 9.59 Å². The van der Waals surface area contributed by atoms with E-state index in [-0.39, 0.29) is 11.8 Å². The van der Waals surface area contributed by atoms with Gasteiger partial charge in [0.15, 0.2) is 5.78 Å². The molecule has 0 saturated heterocycles. The first kappa shape index (κ1) is 15.8. The number of carbonyl (C=O) groups excluding carboxylic acids is 2. The summed E-state index contributed by atoms with van der Waals surface area (Å²) in [5, 5.41) is 0. The normalized spacial score (nSPS) is 10.5. The van der Waals surface area contributed by atoms with Gasteiger partial charge in [0.05, 0.1) is 12.4 Å². The largest absolute Gasteiger partial charge is 0.465 e. The summed E-state index contributed by atoms with van der Waals surface area (Å²) in [6.07, 6.45) is 0.508. The molecular formula is C15H20O3S. The van der Waals surface area contributed by atoms with Crippen molar-refractivity contribution in [3.05, 3.63) is 29.8 Å². The zero-order valence-corrected chi connectivity index (χ0v) is 12.5. The molecule has 0 aliphatic heterocycles. The molecule has 0 heterocycles. The average Bonchev–Trinajstić information content (AvgIpc) is 2.42. The summed E-state index contributed by atoms with van der Waals surface area (Å²) in [5.74, 6) is 0.585. The molecule has 3 nitrogen and oxygen atoms in total. The minimum Gasteiger partial charge on any atom is -0.465 e. The van der Waals surface area contributed by atoms with Gasteiger partial charge in [0.1, 0.15) is 0 Å². The summed E-state index contributed by atoms with van der Waals surface area (Å²) < 4.78 is 5.09. The van der Waals surface area contributed by atoms with Gasteiger partial charge in [-0.1, -0.05) is 32.9 Å². The van der Waals surface area contributed by atoms with E-state index in [1.807, 2.05) is 32.9 Å². The van der Waals surface area contributed by atoms with E-state index >= 15 is 0 Å². The summed E-state index contributed by atoms with van der Waals surface area (Å²) >= 11 is 1.42. The van der Waals surface area contributed by atoms with E-state index in [9.17, 15) is 9.59 Å². The van der Waals surface area contributed by atoms with Crippen LogP contribution in [0.5, 0.6) is 0 Å². The molecule has 0 saturated carbocycles. The molecule has 0 radical (unpaired) electrons. The fourth-order valence-electron chi connectivity index (χ4n) is 1.38. The molecule has 0 aliphatic rings. The summed E-state index contributed by atoms with van der Waals surface area (Å²) in [7, 11) is 0. The zero-order valence-electron chi connectivity index (χ0n) is 11.6. The van der Waals surface area contributed by atoms with Crippen molar-refractivity contribution in [2.45, 2.75) is 32.1 Å². The highest BCUT2D eigenvalue weighted by molar-refractivity contribution is 8.00. The molecule has 104 valence electrons. The zero-order chi connectivity index (χ0) is 14.3. The lowest BCUT2D eigenvalue weighted by Gasteiger charge is -2.07. The van der Waals surface area contributed by atoms with Crippen molar-refractivity contribution in [1.29, 1.82) is 0 Å². The van der Waals surface area contributed by atoms with Gasteiger partial charge in [-0.15, -0.1) is 11.8 Å². The maximum Gasteiger partial charge on any atom is 0.316 e. The van der Waals surface area contributed by atoms with E-state index in [4.69, 9.17) is 4.74 Å². The van der Waals surface area contributed by atoms with E-state index in [1.165, 1.54) is 11.8 Å². The monoisotopic (exact) mass is 280 g/mol. The Morgan fingerprint density at radius 2 is 1.84 bits per heavy atom. The lowest BCUT2D eigenvalue weighted by molar-refractivity contribution is -0.141. The van der Waals surface area contributed by atoms with E-state index in [1.54, 1.807) is 12.1 Å². The average molecular weight is 280 g/mol. The van der Waals surface area contributed by atoms with Crippen molar-refractivity contribution in [3.63, 3.8) is 0 Å². The first-order valence-electron chi connectivity index (χ1n) is 6.44. The molecule has 4 heteroatoms. The first-order chi connectivity index (χ1) is 9.02. The quantitative estimate of drug-likeness (QED) is 0.435. The van der Waals surface area contributed by atoms with Crippen LogP contribution in [0.4, 0.5) is 0 Å². The van der Waals surface area contributed by atoms with Crippen molar-refractivity contribution in [3.8, 4) is 0 Å². The molecule has 0 unspecified atom stereocenters. The lowest BCUT2D eigenvalue weighted by Crippen LogP contribution is -2.11. The minimum absolute atomic E-state index is 0.132. The molecule has 0 N–H and O–H groups in total. The molecule has 0 spiro atoms. The van der Waals surface area contributed by atoms with Crippen LogP contribution in [-0.2, 0) is 9.53 Å². The van der Waals surface area contributed by atoms with Crippen LogP contribution in [0.3, 0.4) is 0 Å². The molecule has 1 rings (SSSR count). The van der Waals surface area contributed by atoms with Crippen LogP contribution in [0, 0.1) is 5.92 Å². The van der Waals surface area contributed by atoms with Gasteiger partial charge in [-0.25, -0.2) is 0 Å². The highest BCUT2D eigenvalue weighted by Gasteiger charge is 2.07. The van der Waals surface area contributed by atoms with Crippen molar-refractivity contribution < 1.29 is 14.3 Å². The number of ether oxygens (including phenoxy) is 1. The van der Waals surface area contributed by atoms with Crippen molar-refractivity contribution in [2.75, 3.05) is 12.4 Å². The highest BCUT2D eigenvalue weighted by Crippen LogP contribution is 2.19. The Morgan fingerprint density at radius 3 is 2.37 bits per heavy atom. The van der Waals surface area contributed by atoms with Crippen LogP contribution < -0.4 is 0 Å². The number of thioether (sulfide) groups is 1. The van der Waals surface area contributed by atoms with Crippen LogP contribution >= 0.6 is 11.8 Å². The molecule has 19 heavy (non-hydrogen) atoms. The molecular weight excluding hydrogens is 260 g/mol. The second-order valence-electron chi connectivity index (χ2n) is 4.67. The SMILES string of the molecule is CCC(=O)c1ccc(SCC(=O)OCC(C)C)cc1. The molecule has 0 fully saturated rings. The molecule has 0 aromatic heterocycles. The maximum atomic E-state index is 11.5. The van der Waals surface area contributed by atoms with E-state index in [2.05, 4.69) is 0 Å². The summed E-state index contributed by atoms with van der Waals surface area (Å²) in [5.41, 5.74) is 0.717. The fraction of sp³-hybridized carbons (Fsp3) is 0.467. The Hall–Kier alpha value is -1.29. The van der Waals surface area contributed by atoms with Crippen LogP contribution in [0.15, 0.2) is 29.2 Å². The molecule has 1 aromatic carbocycles. The molecule has 0 bridgehead atoms. The van der Waals surface area contributed by atoms with Gasteiger partial charge >= 0.3 is 5.97 Å². The summed E-state index contributed by atoms with van der Waals surface area (Å²) in [6, 6.07) is 7.33. The third kappa shape index (κ3) is 5.92. The number of rotatable bonds is 7. The predicted octanol–water partition coefficient (Wildman–Crippen LogP) is 3.57. The lowest BCUT2D eigenvalue weighted by atomic mass is 10.1. The standard InChI is InChI=1S/C15H20O3S/c1-4-14(16)12-5-7-13(8-6-12)19-10-15(17)18-9-11(2)3/h5-8,11H,4,9-10H2,1-3H3. The van der Waals surface area contributed by atoms with E-state index in [0.717, 1.165) is 4.90 Å². The third-order valence-corrected chi connectivity index (χ3v) is 3.42. The van der Waals surface area contributed by atoms with Gasteiger partial charge in [-0.05, 0) is 18.1 Å². The minimum atomic E-state index is -0.201. The second-order valence-corrected chi connectivity index (χ2v) is 5.72. The number of hydrogen-bond donors (Lipinski definition) is 0.